The molecule has 0 amide bonds. The van der Waals surface area contributed by atoms with Crippen LogP contribution in [0.5, 0.6) is 0 Å². The molecule has 68 valence electrons. The largest absolute Gasteiger partial charge is 0.458 e. The number of aryl methyl sites for hydroxylation is 1. The molecule has 0 aliphatic rings. The fourth-order valence-electron chi connectivity index (χ4n) is 1.38. The number of hydrogen-bond acceptors (Lipinski definition) is 2. The molecule has 0 aliphatic heterocycles. The summed E-state index contributed by atoms with van der Waals surface area (Å²) in [5.41, 5.74) is 7.37. The van der Waals surface area contributed by atoms with E-state index in [-0.39, 0.29) is 0 Å². The monoisotopic (exact) mass is 195 g/mol. The predicted octanol–water partition coefficient (Wildman–Crippen LogP) is 2.85. The normalized spacial score (nSPS) is 11.0. The molecule has 0 radical (unpaired) electrons. The van der Waals surface area contributed by atoms with Gasteiger partial charge >= 0.3 is 0 Å². The predicted molar refractivity (Wildman–Crippen MR) is 53.9 cm³/mol. The van der Waals surface area contributed by atoms with Gasteiger partial charge in [0, 0.05) is 5.39 Å². The summed E-state index contributed by atoms with van der Waals surface area (Å²) in [7, 11) is 0. The highest BCUT2D eigenvalue weighted by atomic mass is 35.5. The van der Waals surface area contributed by atoms with Gasteiger partial charge in [-0.15, -0.1) is 0 Å². The third kappa shape index (κ3) is 1.32. The number of rotatable bonds is 1. The van der Waals surface area contributed by atoms with Gasteiger partial charge in [-0.25, -0.2) is 0 Å². The number of nitrogens with two attached hydrogens (primary N) is 1. The van der Waals surface area contributed by atoms with Crippen LogP contribution in [-0.4, -0.2) is 0 Å². The van der Waals surface area contributed by atoms with Crippen LogP contribution in [0.15, 0.2) is 22.6 Å². The zero-order valence-corrected chi connectivity index (χ0v) is 8.06. The van der Waals surface area contributed by atoms with Crippen molar-refractivity contribution >= 4 is 22.6 Å². The molecular weight excluding hydrogens is 186 g/mol. The first-order valence-corrected chi connectivity index (χ1v) is 4.48. The maximum Gasteiger partial charge on any atom is 0.153 e. The van der Waals surface area contributed by atoms with Crippen molar-refractivity contribution < 1.29 is 4.42 Å². The van der Waals surface area contributed by atoms with Gasteiger partial charge < -0.3 is 10.2 Å². The van der Waals surface area contributed by atoms with E-state index in [2.05, 4.69) is 0 Å². The van der Waals surface area contributed by atoms with Gasteiger partial charge in [0.2, 0.25) is 0 Å². The number of fused-ring (bicyclic) bond motifs is 1. The fourth-order valence-corrected chi connectivity index (χ4v) is 1.58. The van der Waals surface area contributed by atoms with Gasteiger partial charge in [-0.2, -0.15) is 0 Å². The van der Waals surface area contributed by atoms with Crippen LogP contribution in [-0.2, 0) is 6.54 Å². The van der Waals surface area contributed by atoms with Gasteiger partial charge in [-0.05, 0) is 24.6 Å². The van der Waals surface area contributed by atoms with Gasteiger partial charge in [0.05, 0.1) is 11.6 Å². The maximum atomic E-state index is 5.96. The lowest BCUT2D eigenvalue weighted by Crippen LogP contribution is -1.92. The Labute approximate surface area is 81.3 Å². The Morgan fingerprint density at radius 2 is 2.23 bits per heavy atom. The molecule has 0 fully saturated rings. The molecule has 0 saturated carbocycles. The van der Waals surface area contributed by atoms with E-state index >= 15 is 0 Å². The van der Waals surface area contributed by atoms with E-state index in [1.165, 1.54) is 0 Å². The summed E-state index contributed by atoms with van der Waals surface area (Å²) in [6.45, 7) is 2.43. The number of benzene rings is 1. The first-order valence-electron chi connectivity index (χ1n) is 4.10. The number of halogens is 1. The topological polar surface area (TPSA) is 39.2 Å². The zero-order chi connectivity index (χ0) is 9.42. The van der Waals surface area contributed by atoms with E-state index in [9.17, 15) is 0 Å². The van der Waals surface area contributed by atoms with Crippen LogP contribution in [0.2, 0.25) is 5.02 Å². The quantitative estimate of drug-likeness (QED) is 0.760. The summed E-state index contributed by atoms with van der Waals surface area (Å²) in [5, 5.41) is 1.69. The molecule has 1 aromatic heterocycles. The van der Waals surface area contributed by atoms with Crippen molar-refractivity contribution in [1.29, 1.82) is 0 Å². The lowest BCUT2D eigenvalue weighted by molar-refractivity contribution is 0.552. The molecule has 1 heterocycles. The van der Waals surface area contributed by atoms with Gasteiger partial charge in [-0.3, -0.25) is 0 Å². The van der Waals surface area contributed by atoms with E-state index in [1.807, 2.05) is 25.1 Å². The van der Waals surface area contributed by atoms with Crippen LogP contribution in [0, 0.1) is 6.92 Å². The summed E-state index contributed by atoms with van der Waals surface area (Å²) in [4.78, 5) is 0. The van der Waals surface area contributed by atoms with Crippen LogP contribution in [0.3, 0.4) is 0 Å². The van der Waals surface area contributed by atoms with Crippen LogP contribution in [0.4, 0.5) is 0 Å². The first-order chi connectivity index (χ1) is 6.22. The third-order valence-electron chi connectivity index (χ3n) is 2.11. The molecule has 0 spiro atoms. The standard InChI is InChI=1S/C10H10ClNO/c1-6-2-3-9(11)10-8(6)4-7(5-12)13-10/h2-4H,5,12H2,1H3. The molecule has 13 heavy (non-hydrogen) atoms. The Morgan fingerprint density at radius 3 is 2.85 bits per heavy atom. The third-order valence-corrected chi connectivity index (χ3v) is 2.40. The van der Waals surface area contributed by atoms with Gasteiger partial charge in [0.25, 0.3) is 0 Å². The summed E-state index contributed by atoms with van der Waals surface area (Å²) >= 11 is 5.96. The second kappa shape index (κ2) is 3.05. The Bertz CT molecular complexity index is 408. The molecule has 3 heteroatoms. The molecule has 2 N–H and O–H groups in total. The maximum absolute atomic E-state index is 5.96. The molecule has 2 rings (SSSR count). The minimum Gasteiger partial charge on any atom is -0.458 e. The SMILES string of the molecule is Cc1ccc(Cl)c2oc(CN)cc12. The molecule has 0 unspecified atom stereocenters. The molecule has 0 aliphatic carbocycles. The van der Waals surface area contributed by atoms with Gasteiger partial charge in [0.1, 0.15) is 5.76 Å². The van der Waals surface area contributed by atoms with Crippen LogP contribution >= 0.6 is 11.6 Å². The molecule has 0 saturated heterocycles. The average molecular weight is 196 g/mol. The van der Waals surface area contributed by atoms with Crippen molar-refractivity contribution in [2.24, 2.45) is 5.73 Å². The van der Waals surface area contributed by atoms with Gasteiger partial charge in [0.15, 0.2) is 5.58 Å². The highest BCUT2D eigenvalue weighted by Gasteiger charge is 2.07. The minimum atomic E-state index is 0.407. The molecule has 0 bridgehead atoms. The Hall–Kier alpha value is -0.990. The average Bonchev–Trinajstić information content (AvgIpc) is 2.56. The fraction of sp³-hybridized carbons (Fsp3) is 0.200. The molecule has 0 atom stereocenters. The van der Waals surface area contributed by atoms with Crippen LogP contribution < -0.4 is 5.73 Å². The first kappa shape index (κ1) is 8.60. The van der Waals surface area contributed by atoms with Gasteiger partial charge in [-0.1, -0.05) is 17.7 Å². The lowest BCUT2D eigenvalue weighted by Gasteiger charge is -1.95. The van der Waals surface area contributed by atoms with E-state index < -0.39 is 0 Å². The van der Waals surface area contributed by atoms with Crippen molar-refractivity contribution in [2.45, 2.75) is 13.5 Å². The Morgan fingerprint density at radius 1 is 1.46 bits per heavy atom. The smallest absolute Gasteiger partial charge is 0.153 e. The van der Waals surface area contributed by atoms with Crippen molar-refractivity contribution in [1.82, 2.24) is 0 Å². The van der Waals surface area contributed by atoms with Crippen LogP contribution in [0.1, 0.15) is 11.3 Å². The lowest BCUT2D eigenvalue weighted by atomic mass is 10.1. The van der Waals surface area contributed by atoms with E-state index in [0.29, 0.717) is 11.6 Å². The Balaban J connectivity index is 2.80. The van der Waals surface area contributed by atoms with Crippen molar-refractivity contribution in [3.8, 4) is 0 Å². The van der Waals surface area contributed by atoms with E-state index in [1.54, 1.807) is 0 Å². The van der Waals surface area contributed by atoms with E-state index in [0.717, 1.165) is 22.3 Å². The molecular formula is C10H10ClNO. The molecule has 2 nitrogen and oxygen atoms in total. The van der Waals surface area contributed by atoms with E-state index in [4.69, 9.17) is 21.8 Å². The summed E-state index contributed by atoms with van der Waals surface area (Å²) in [6.07, 6.45) is 0. The number of furan rings is 1. The zero-order valence-electron chi connectivity index (χ0n) is 7.30. The second-order valence-corrected chi connectivity index (χ2v) is 3.43. The van der Waals surface area contributed by atoms with Crippen molar-refractivity contribution in [2.75, 3.05) is 0 Å². The number of hydrogen-bond donors (Lipinski definition) is 1. The van der Waals surface area contributed by atoms with Crippen molar-refractivity contribution in [3.63, 3.8) is 0 Å². The van der Waals surface area contributed by atoms with Crippen molar-refractivity contribution in [3.05, 3.63) is 34.5 Å². The molecule has 2 aromatic rings. The minimum absolute atomic E-state index is 0.407. The highest BCUT2D eigenvalue weighted by Crippen LogP contribution is 2.29. The summed E-state index contributed by atoms with van der Waals surface area (Å²) < 4.78 is 5.47. The summed E-state index contributed by atoms with van der Waals surface area (Å²) in [6, 6.07) is 5.75. The van der Waals surface area contributed by atoms with Crippen LogP contribution in [0.25, 0.3) is 11.0 Å². The highest BCUT2D eigenvalue weighted by molar-refractivity contribution is 6.34. The Kier molecular flexibility index (Phi) is 2.02. The molecule has 1 aromatic carbocycles. The summed E-state index contributed by atoms with van der Waals surface area (Å²) in [5.74, 6) is 0.770. The second-order valence-electron chi connectivity index (χ2n) is 3.02.